The number of fused-ring (bicyclic) bond motifs is 1. The van der Waals surface area contributed by atoms with Crippen LogP contribution in [-0.2, 0) is 18.0 Å². The summed E-state index contributed by atoms with van der Waals surface area (Å²) in [5.74, 6) is 0. The van der Waals surface area contributed by atoms with Crippen molar-refractivity contribution in [1.29, 1.82) is 0 Å². The molecule has 0 fully saturated rings. The molecule has 0 aromatic carbocycles. The average Bonchev–Trinajstić information content (AvgIpc) is 2.62. The maximum absolute atomic E-state index is 5.29. The first-order valence-electron chi connectivity index (χ1n) is 3.91. The first-order valence-corrected chi connectivity index (χ1v) is 3.91. The summed E-state index contributed by atoms with van der Waals surface area (Å²) in [7, 11) is 0. The van der Waals surface area contributed by atoms with Gasteiger partial charge in [-0.1, -0.05) is 19.2 Å². The molecule has 0 bridgehead atoms. The Bertz CT molecular complexity index is 341. The van der Waals surface area contributed by atoms with Crippen molar-refractivity contribution in [2.24, 2.45) is 0 Å². The molecule has 1 aliphatic heterocycles. The average molecular weight is 163 g/mol. The highest BCUT2D eigenvalue weighted by molar-refractivity contribution is 5.72. The van der Waals surface area contributed by atoms with Gasteiger partial charge in [-0.2, -0.15) is 0 Å². The SMILES string of the molecule is C=CC(=C)c1[nH]cc2c1COC2.[HH]. The lowest BCUT2D eigenvalue weighted by molar-refractivity contribution is 0.133. The summed E-state index contributed by atoms with van der Waals surface area (Å²) in [5, 5.41) is 0. The summed E-state index contributed by atoms with van der Waals surface area (Å²) in [4.78, 5) is 3.18. The normalized spacial score (nSPS) is 14.3. The zero-order chi connectivity index (χ0) is 8.55. The van der Waals surface area contributed by atoms with Gasteiger partial charge in [-0.05, 0) is 5.57 Å². The highest BCUT2D eigenvalue weighted by Gasteiger charge is 2.17. The molecule has 0 atom stereocenters. The molecule has 64 valence electrons. The lowest BCUT2D eigenvalue weighted by atomic mass is 10.1. The highest BCUT2D eigenvalue weighted by atomic mass is 16.5. The van der Waals surface area contributed by atoms with E-state index >= 15 is 0 Å². The van der Waals surface area contributed by atoms with E-state index in [1.165, 1.54) is 11.1 Å². The Morgan fingerprint density at radius 1 is 1.67 bits per heavy atom. The number of hydrogen-bond acceptors (Lipinski definition) is 1. The van der Waals surface area contributed by atoms with Crippen molar-refractivity contribution in [3.05, 3.63) is 42.3 Å². The third-order valence-electron chi connectivity index (χ3n) is 2.15. The summed E-state index contributed by atoms with van der Waals surface area (Å²) in [6.45, 7) is 8.98. The van der Waals surface area contributed by atoms with Crippen LogP contribution in [0.25, 0.3) is 5.57 Å². The Morgan fingerprint density at radius 3 is 3.25 bits per heavy atom. The summed E-state index contributed by atoms with van der Waals surface area (Å²) >= 11 is 0. The van der Waals surface area contributed by atoms with E-state index in [0.29, 0.717) is 6.61 Å². The second-order valence-corrected chi connectivity index (χ2v) is 2.89. The van der Waals surface area contributed by atoms with Gasteiger partial charge in [0.15, 0.2) is 0 Å². The number of aromatic amines is 1. The first-order chi connectivity index (χ1) is 5.83. The highest BCUT2D eigenvalue weighted by Crippen LogP contribution is 2.27. The van der Waals surface area contributed by atoms with Crippen molar-refractivity contribution in [3.8, 4) is 0 Å². The van der Waals surface area contributed by atoms with Crippen LogP contribution in [0.3, 0.4) is 0 Å². The van der Waals surface area contributed by atoms with Gasteiger partial charge < -0.3 is 9.72 Å². The van der Waals surface area contributed by atoms with Gasteiger partial charge in [-0.25, -0.2) is 0 Å². The predicted octanol–water partition coefficient (Wildman–Crippen LogP) is 2.49. The summed E-state index contributed by atoms with van der Waals surface area (Å²) in [6.07, 6.45) is 3.73. The molecule has 0 aliphatic carbocycles. The van der Waals surface area contributed by atoms with E-state index in [0.717, 1.165) is 17.9 Å². The van der Waals surface area contributed by atoms with E-state index in [1.54, 1.807) is 6.08 Å². The van der Waals surface area contributed by atoms with Crippen molar-refractivity contribution in [2.75, 3.05) is 0 Å². The first kappa shape index (κ1) is 7.37. The van der Waals surface area contributed by atoms with E-state index in [1.807, 2.05) is 6.20 Å². The van der Waals surface area contributed by atoms with Crippen molar-refractivity contribution in [1.82, 2.24) is 4.98 Å². The van der Waals surface area contributed by atoms with Crippen LogP contribution in [0.4, 0.5) is 0 Å². The Labute approximate surface area is 73.0 Å². The second kappa shape index (κ2) is 2.64. The minimum absolute atomic E-state index is 0. The van der Waals surface area contributed by atoms with Crippen LogP contribution >= 0.6 is 0 Å². The number of rotatable bonds is 2. The van der Waals surface area contributed by atoms with Gasteiger partial charge in [-0.3, -0.25) is 0 Å². The monoisotopic (exact) mass is 163 g/mol. The Hall–Kier alpha value is -1.28. The molecule has 2 rings (SSSR count). The van der Waals surface area contributed by atoms with E-state index in [9.17, 15) is 0 Å². The van der Waals surface area contributed by atoms with Gasteiger partial charge in [-0.15, -0.1) is 0 Å². The third kappa shape index (κ3) is 0.924. The van der Waals surface area contributed by atoms with Gasteiger partial charge in [0.2, 0.25) is 0 Å². The van der Waals surface area contributed by atoms with Crippen LogP contribution in [0.1, 0.15) is 18.2 Å². The van der Waals surface area contributed by atoms with Crippen molar-refractivity contribution in [2.45, 2.75) is 13.2 Å². The van der Waals surface area contributed by atoms with Crippen LogP contribution < -0.4 is 0 Å². The number of aromatic nitrogens is 1. The predicted molar refractivity (Wildman–Crippen MR) is 50.6 cm³/mol. The third-order valence-corrected chi connectivity index (χ3v) is 2.15. The Balaban J connectivity index is 0.000000845. The molecular weight excluding hydrogens is 150 g/mol. The van der Waals surface area contributed by atoms with Crippen LogP contribution in [-0.4, -0.2) is 4.98 Å². The topological polar surface area (TPSA) is 25.0 Å². The van der Waals surface area contributed by atoms with Crippen LogP contribution in [0.15, 0.2) is 25.4 Å². The Kier molecular flexibility index (Phi) is 1.62. The largest absolute Gasteiger partial charge is 0.372 e. The molecule has 1 N–H and O–H groups in total. The molecule has 2 heteroatoms. The van der Waals surface area contributed by atoms with Crippen molar-refractivity contribution >= 4 is 5.57 Å². The quantitative estimate of drug-likeness (QED) is 0.666. The molecule has 12 heavy (non-hydrogen) atoms. The molecule has 0 saturated heterocycles. The fourth-order valence-electron chi connectivity index (χ4n) is 1.44. The molecule has 1 aromatic heterocycles. The number of ether oxygens (including phenoxy) is 1. The summed E-state index contributed by atoms with van der Waals surface area (Å²) in [5.41, 5.74) is 4.48. The van der Waals surface area contributed by atoms with E-state index in [4.69, 9.17) is 4.74 Å². The summed E-state index contributed by atoms with van der Waals surface area (Å²) in [6, 6.07) is 0. The smallest absolute Gasteiger partial charge is 0.0746 e. The van der Waals surface area contributed by atoms with Crippen LogP contribution in [0.2, 0.25) is 0 Å². The molecular formula is C10H13NO. The fourth-order valence-corrected chi connectivity index (χ4v) is 1.44. The molecule has 0 saturated carbocycles. The molecule has 0 unspecified atom stereocenters. The molecule has 1 aliphatic rings. The number of nitrogens with one attached hydrogen (secondary N) is 1. The van der Waals surface area contributed by atoms with Gasteiger partial charge in [0, 0.05) is 18.8 Å². The van der Waals surface area contributed by atoms with E-state index in [2.05, 4.69) is 18.1 Å². The van der Waals surface area contributed by atoms with Crippen LogP contribution in [0, 0.1) is 0 Å². The Morgan fingerprint density at radius 2 is 2.50 bits per heavy atom. The molecule has 0 amide bonds. The zero-order valence-corrected chi connectivity index (χ0v) is 6.89. The number of allylic oxidation sites excluding steroid dienone is 2. The fraction of sp³-hybridized carbons (Fsp3) is 0.200. The number of H-pyrrole nitrogens is 1. The van der Waals surface area contributed by atoms with Crippen molar-refractivity contribution in [3.63, 3.8) is 0 Å². The van der Waals surface area contributed by atoms with Gasteiger partial charge in [0.25, 0.3) is 0 Å². The zero-order valence-electron chi connectivity index (χ0n) is 6.89. The van der Waals surface area contributed by atoms with E-state index < -0.39 is 0 Å². The minimum atomic E-state index is 0. The number of hydrogen-bond donors (Lipinski definition) is 1. The molecule has 0 spiro atoms. The van der Waals surface area contributed by atoms with Crippen molar-refractivity contribution < 1.29 is 6.16 Å². The molecule has 2 nitrogen and oxygen atoms in total. The molecule has 1 aromatic rings. The second-order valence-electron chi connectivity index (χ2n) is 2.89. The van der Waals surface area contributed by atoms with Crippen LogP contribution in [0.5, 0.6) is 0 Å². The maximum atomic E-state index is 5.29. The molecule has 0 radical (unpaired) electrons. The maximum Gasteiger partial charge on any atom is 0.0746 e. The van der Waals surface area contributed by atoms with Gasteiger partial charge in [0.05, 0.1) is 18.9 Å². The molecule has 2 heterocycles. The standard InChI is InChI=1S/C10H11NO.H2/c1-3-7(2)10-9-6-12-5-8(9)4-11-10;/h3-4,11H,1-2,5-6H2;1H. The summed E-state index contributed by atoms with van der Waals surface area (Å²) < 4.78 is 5.29. The van der Waals surface area contributed by atoms with E-state index in [-0.39, 0.29) is 1.43 Å². The minimum Gasteiger partial charge on any atom is -0.372 e. The van der Waals surface area contributed by atoms with Gasteiger partial charge in [0.1, 0.15) is 0 Å². The van der Waals surface area contributed by atoms with Gasteiger partial charge >= 0.3 is 0 Å². The lowest BCUT2D eigenvalue weighted by Gasteiger charge is -1.98. The lowest BCUT2D eigenvalue weighted by Crippen LogP contribution is -1.86.